The van der Waals surface area contributed by atoms with Gasteiger partial charge in [0.15, 0.2) is 0 Å². The fourth-order valence-electron chi connectivity index (χ4n) is 3.50. The molecule has 0 fully saturated rings. The molecule has 0 spiro atoms. The van der Waals surface area contributed by atoms with Gasteiger partial charge in [-0.3, -0.25) is 0 Å². The summed E-state index contributed by atoms with van der Waals surface area (Å²) in [4.78, 5) is 12.9. The van der Waals surface area contributed by atoms with Gasteiger partial charge in [-0.25, -0.2) is 0 Å². The van der Waals surface area contributed by atoms with Crippen LogP contribution >= 0.6 is 17.2 Å². The molecule has 0 saturated heterocycles. The molecule has 26 heavy (non-hydrogen) atoms. The van der Waals surface area contributed by atoms with Crippen LogP contribution in [0.25, 0.3) is 11.1 Å². The monoisotopic (exact) mass is 574 g/mol. The molecule has 2 aromatic rings. The van der Waals surface area contributed by atoms with E-state index in [1.165, 1.54) is 22.3 Å². The predicted molar refractivity (Wildman–Crippen MR) is 112 cm³/mol. The molecule has 0 aliphatic heterocycles. The van der Waals surface area contributed by atoms with Crippen LogP contribution < -0.4 is 6.62 Å². The van der Waals surface area contributed by atoms with Crippen molar-refractivity contribution >= 4 is 32.4 Å². The van der Waals surface area contributed by atoms with Gasteiger partial charge in [0.05, 0.1) is 0 Å². The third-order valence-corrected chi connectivity index (χ3v) is 67.0. The van der Waals surface area contributed by atoms with Crippen molar-refractivity contribution < 1.29 is 20.4 Å². The molecule has 2 aromatic carbocycles. The van der Waals surface area contributed by atoms with Crippen LogP contribution in [0.1, 0.15) is 31.9 Å². The maximum atomic E-state index is 12.9. The van der Waals surface area contributed by atoms with Crippen molar-refractivity contribution in [2.75, 3.05) is 0 Å². The Kier molecular flexibility index (Phi) is 5.14. The van der Waals surface area contributed by atoms with Crippen molar-refractivity contribution in [3.8, 4) is 11.1 Å². The van der Waals surface area contributed by atoms with E-state index in [0.29, 0.717) is 0 Å². The summed E-state index contributed by atoms with van der Waals surface area (Å²) >= 11 is -4.82. The quantitative estimate of drug-likeness (QED) is 0.442. The van der Waals surface area contributed by atoms with Gasteiger partial charge in [0.25, 0.3) is 0 Å². The molecular formula is C20H26Cl2HfNOSi. The Morgan fingerprint density at radius 1 is 1.04 bits per heavy atom. The number of rotatable bonds is 3. The van der Waals surface area contributed by atoms with Gasteiger partial charge in [-0.1, -0.05) is 0 Å². The maximum absolute atomic E-state index is 12.9. The van der Waals surface area contributed by atoms with E-state index < -0.39 is 27.0 Å². The summed E-state index contributed by atoms with van der Waals surface area (Å²) < 4.78 is 4.30. The Balaban J connectivity index is 2.19. The summed E-state index contributed by atoms with van der Waals surface area (Å²) in [5.41, 5.74) is 4.45. The SMILES string of the molecule is C[SiH](C)[Hf]([Cl])([Cl])([NH]C(=O)C(C)(C)C)[c]1cccc2c1Cc1ccccc1-2. The van der Waals surface area contributed by atoms with Crippen molar-refractivity contribution in [3.63, 3.8) is 0 Å². The van der Waals surface area contributed by atoms with Crippen LogP contribution in [0.2, 0.25) is 13.1 Å². The van der Waals surface area contributed by atoms with Crippen molar-refractivity contribution in [1.82, 2.24) is 3.30 Å². The molecule has 1 aliphatic rings. The number of benzene rings is 2. The first-order valence-electron chi connectivity index (χ1n) is 9.05. The first-order valence-corrected chi connectivity index (χ1v) is 30.7. The predicted octanol–water partition coefficient (Wildman–Crippen LogP) is 4.94. The summed E-state index contributed by atoms with van der Waals surface area (Å²) in [6.07, 6.45) is 0.833. The minimum atomic E-state index is -4.82. The zero-order valence-electron chi connectivity index (χ0n) is 16.0. The number of fused-ring (bicyclic) bond motifs is 3. The minimum absolute atomic E-state index is 0.0489. The average Bonchev–Trinajstić information content (AvgIpc) is 2.92. The Bertz CT molecular complexity index is 890. The topological polar surface area (TPSA) is 29.1 Å². The van der Waals surface area contributed by atoms with Crippen LogP contribution in [0.3, 0.4) is 0 Å². The molecule has 2 nitrogen and oxygen atoms in total. The number of hydrogen-bond donors (Lipinski definition) is 1. The molecule has 0 aromatic heterocycles. The Morgan fingerprint density at radius 2 is 1.65 bits per heavy atom. The third kappa shape index (κ3) is 3.27. The van der Waals surface area contributed by atoms with Crippen LogP contribution in [0, 0.1) is 5.41 Å². The van der Waals surface area contributed by atoms with Gasteiger partial charge in [-0.15, -0.1) is 0 Å². The Hall–Kier alpha value is -0.423. The van der Waals surface area contributed by atoms with Crippen molar-refractivity contribution in [3.05, 3.63) is 53.6 Å². The zero-order valence-corrected chi connectivity index (χ0v) is 22.2. The summed E-state index contributed by atoms with van der Waals surface area (Å²) in [5, 5.41) is 0. The van der Waals surface area contributed by atoms with Gasteiger partial charge < -0.3 is 0 Å². The first-order chi connectivity index (χ1) is 11.9. The molecular weight excluding hydrogens is 548 g/mol. The number of amides is 1. The van der Waals surface area contributed by atoms with Crippen molar-refractivity contribution in [1.29, 1.82) is 0 Å². The van der Waals surface area contributed by atoms with Crippen molar-refractivity contribution in [2.45, 2.75) is 40.3 Å². The molecule has 0 unspecified atom stereocenters. The molecule has 0 saturated carbocycles. The van der Waals surface area contributed by atoms with E-state index in [1.54, 1.807) is 0 Å². The summed E-state index contributed by atoms with van der Waals surface area (Å²) in [6, 6.07) is 14.7. The van der Waals surface area contributed by atoms with E-state index >= 15 is 0 Å². The van der Waals surface area contributed by atoms with Crippen LogP contribution in [0.15, 0.2) is 42.5 Å². The normalized spacial score (nSPS) is 15.2. The first kappa shape index (κ1) is 20.3. The van der Waals surface area contributed by atoms with Gasteiger partial charge in [-0.05, 0) is 0 Å². The van der Waals surface area contributed by atoms with E-state index in [2.05, 4.69) is 52.8 Å². The van der Waals surface area contributed by atoms with Gasteiger partial charge in [0.2, 0.25) is 0 Å². The molecule has 0 radical (unpaired) electrons. The van der Waals surface area contributed by atoms with Gasteiger partial charge >= 0.3 is 166 Å². The molecule has 0 bridgehead atoms. The number of halogens is 2. The second kappa shape index (κ2) is 6.58. The van der Waals surface area contributed by atoms with E-state index in [9.17, 15) is 4.79 Å². The molecule has 139 valence electrons. The van der Waals surface area contributed by atoms with E-state index in [-0.39, 0.29) is 5.91 Å². The molecule has 1 N–H and O–H groups in total. The van der Waals surface area contributed by atoms with Crippen LogP contribution in [0.4, 0.5) is 0 Å². The van der Waals surface area contributed by atoms with Crippen LogP contribution in [-0.2, 0) is 26.8 Å². The second-order valence-electron chi connectivity index (χ2n) is 8.61. The Labute approximate surface area is 165 Å². The molecule has 1 aliphatic carbocycles. The number of nitrogens with one attached hydrogen (secondary N) is 1. The molecule has 3 rings (SSSR count). The van der Waals surface area contributed by atoms with E-state index in [4.69, 9.17) is 17.2 Å². The third-order valence-electron chi connectivity index (χ3n) is 5.38. The second-order valence-corrected chi connectivity index (χ2v) is 63.8. The summed E-state index contributed by atoms with van der Waals surface area (Å²) in [5.74, 6) is -1.63. The summed E-state index contributed by atoms with van der Waals surface area (Å²) in [6.45, 7) is 10.0. The van der Waals surface area contributed by atoms with Gasteiger partial charge in [-0.2, -0.15) is 0 Å². The van der Waals surface area contributed by atoms with Gasteiger partial charge in [0, 0.05) is 0 Å². The molecule has 0 atom stereocenters. The van der Waals surface area contributed by atoms with Crippen LogP contribution in [-0.4, -0.2) is 11.9 Å². The number of carbonyl (C=O) groups excluding carboxylic acids is 1. The standard InChI is InChI=1S/C13H9.C5H11NO.C2H7Si.2ClH.Hf/c1-3-7-12-10(5-1)9-11-6-2-4-8-13(11)12;1-5(2,3)4(6)7;1-3-2;;;/h1-5,7-8H,9H2;1-3H3,(H2,6,7);3H,1-2H3;2*1H;/q;;;;;+3/p-3. The Morgan fingerprint density at radius 3 is 2.27 bits per heavy atom. The fourth-order valence-corrected chi connectivity index (χ4v) is 29.4. The molecule has 0 heterocycles. The van der Waals surface area contributed by atoms with Gasteiger partial charge in [0.1, 0.15) is 0 Å². The number of hydrogen-bond acceptors (Lipinski definition) is 1. The fraction of sp³-hybridized carbons (Fsp3) is 0.350. The number of carbonyl (C=O) groups is 1. The average molecular weight is 574 g/mol. The van der Waals surface area contributed by atoms with E-state index in [0.717, 1.165) is 9.74 Å². The van der Waals surface area contributed by atoms with E-state index in [1.807, 2.05) is 26.8 Å². The van der Waals surface area contributed by atoms with Crippen molar-refractivity contribution in [2.24, 2.45) is 5.41 Å². The zero-order chi connectivity index (χ0) is 19.4. The molecule has 6 heteroatoms. The summed E-state index contributed by atoms with van der Waals surface area (Å²) in [7, 11) is 14.8. The van der Waals surface area contributed by atoms with Crippen LogP contribution in [0.5, 0.6) is 0 Å². The molecule has 1 amide bonds.